The molecule has 1 amide bonds. The Labute approximate surface area is 155 Å². The molecule has 0 aliphatic heterocycles. The Morgan fingerprint density at radius 3 is 2.62 bits per heavy atom. The number of carbonyl (C=O) groups is 1. The molecule has 2 aromatic heterocycles. The summed E-state index contributed by atoms with van der Waals surface area (Å²) >= 11 is 1.46. The number of carbonyl (C=O) groups excluding carboxylic acids is 1. The number of hydrogen-bond donors (Lipinski definition) is 1. The Balaban J connectivity index is 1.77. The molecule has 26 heavy (non-hydrogen) atoms. The predicted molar refractivity (Wildman–Crippen MR) is 104 cm³/mol. The minimum absolute atomic E-state index is 0.201. The maximum atomic E-state index is 12.8. The molecule has 0 spiro atoms. The van der Waals surface area contributed by atoms with Crippen molar-refractivity contribution in [1.29, 1.82) is 0 Å². The lowest BCUT2D eigenvalue weighted by molar-refractivity contribution is -0.115. The van der Waals surface area contributed by atoms with Crippen molar-refractivity contribution in [3.05, 3.63) is 70.5 Å². The highest BCUT2D eigenvalue weighted by Crippen LogP contribution is 2.20. The SMILES string of the molecule is Cc1c(NC(=O)C(C)SCc2ccco2)c(=O)n(-c2ccccc2)n1C. The second-order valence-corrected chi connectivity index (χ2v) is 7.29. The van der Waals surface area contributed by atoms with Crippen LogP contribution in [0.3, 0.4) is 0 Å². The van der Waals surface area contributed by atoms with Crippen LogP contribution in [0.1, 0.15) is 18.4 Å². The molecule has 1 unspecified atom stereocenters. The van der Waals surface area contributed by atoms with Crippen molar-refractivity contribution in [2.75, 3.05) is 5.32 Å². The number of para-hydroxylation sites is 1. The van der Waals surface area contributed by atoms with Gasteiger partial charge in [-0.1, -0.05) is 18.2 Å². The highest BCUT2D eigenvalue weighted by atomic mass is 32.2. The smallest absolute Gasteiger partial charge is 0.295 e. The monoisotopic (exact) mass is 371 g/mol. The normalized spacial score (nSPS) is 12.1. The van der Waals surface area contributed by atoms with Gasteiger partial charge in [0.25, 0.3) is 5.56 Å². The van der Waals surface area contributed by atoms with E-state index in [9.17, 15) is 9.59 Å². The van der Waals surface area contributed by atoms with Crippen LogP contribution < -0.4 is 10.9 Å². The maximum absolute atomic E-state index is 12.8. The van der Waals surface area contributed by atoms with Crippen LogP contribution in [0.15, 0.2) is 57.9 Å². The van der Waals surface area contributed by atoms with Gasteiger partial charge in [0.15, 0.2) is 0 Å². The zero-order valence-corrected chi connectivity index (χ0v) is 15.7. The molecule has 7 heteroatoms. The van der Waals surface area contributed by atoms with Crippen molar-refractivity contribution in [1.82, 2.24) is 9.36 Å². The van der Waals surface area contributed by atoms with Gasteiger partial charge < -0.3 is 9.73 Å². The minimum atomic E-state index is -0.315. The van der Waals surface area contributed by atoms with Gasteiger partial charge in [-0.25, -0.2) is 4.68 Å². The van der Waals surface area contributed by atoms with Gasteiger partial charge in [-0.15, -0.1) is 11.8 Å². The lowest BCUT2D eigenvalue weighted by Gasteiger charge is -2.10. The van der Waals surface area contributed by atoms with Crippen LogP contribution >= 0.6 is 11.8 Å². The van der Waals surface area contributed by atoms with Gasteiger partial charge in [-0.05, 0) is 38.1 Å². The van der Waals surface area contributed by atoms with Gasteiger partial charge in [-0.3, -0.25) is 14.3 Å². The number of thioether (sulfide) groups is 1. The Morgan fingerprint density at radius 1 is 1.23 bits per heavy atom. The number of aromatic nitrogens is 2. The van der Waals surface area contributed by atoms with E-state index in [4.69, 9.17) is 4.42 Å². The molecule has 0 aliphatic rings. The van der Waals surface area contributed by atoms with Gasteiger partial charge >= 0.3 is 0 Å². The van der Waals surface area contributed by atoms with E-state index in [1.54, 1.807) is 22.7 Å². The second-order valence-electron chi connectivity index (χ2n) is 5.96. The summed E-state index contributed by atoms with van der Waals surface area (Å²) in [4.78, 5) is 25.3. The number of furan rings is 1. The fourth-order valence-electron chi connectivity index (χ4n) is 2.61. The van der Waals surface area contributed by atoms with Gasteiger partial charge in [0.05, 0.1) is 28.6 Å². The zero-order chi connectivity index (χ0) is 18.7. The van der Waals surface area contributed by atoms with Crippen molar-refractivity contribution in [2.24, 2.45) is 7.05 Å². The number of nitrogens with zero attached hydrogens (tertiary/aromatic N) is 2. The van der Waals surface area contributed by atoms with Crippen molar-refractivity contribution in [3.8, 4) is 5.69 Å². The van der Waals surface area contributed by atoms with Gasteiger partial charge in [0.1, 0.15) is 11.4 Å². The largest absolute Gasteiger partial charge is 0.468 e. The van der Waals surface area contributed by atoms with Crippen LogP contribution in [-0.4, -0.2) is 20.5 Å². The Kier molecular flexibility index (Phi) is 5.37. The summed E-state index contributed by atoms with van der Waals surface area (Å²) in [5, 5.41) is 2.48. The first-order valence-electron chi connectivity index (χ1n) is 8.28. The highest BCUT2D eigenvalue weighted by molar-refractivity contribution is 7.99. The zero-order valence-electron chi connectivity index (χ0n) is 14.9. The van der Waals surface area contributed by atoms with E-state index >= 15 is 0 Å². The first-order chi connectivity index (χ1) is 12.5. The average Bonchev–Trinajstić information content (AvgIpc) is 3.23. The topological polar surface area (TPSA) is 69.2 Å². The van der Waals surface area contributed by atoms with Crippen LogP contribution in [-0.2, 0) is 17.6 Å². The van der Waals surface area contributed by atoms with E-state index in [1.807, 2.05) is 56.3 Å². The fraction of sp³-hybridized carbons (Fsp3) is 0.263. The minimum Gasteiger partial charge on any atom is -0.468 e. The van der Waals surface area contributed by atoms with Gasteiger partial charge in [0, 0.05) is 7.05 Å². The molecule has 0 radical (unpaired) electrons. The lowest BCUT2D eigenvalue weighted by Crippen LogP contribution is -2.27. The number of benzene rings is 1. The number of hydrogen-bond acceptors (Lipinski definition) is 4. The number of anilines is 1. The van der Waals surface area contributed by atoms with Crippen LogP contribution in [0, 0.1) is 6.92 Å². The second kappa shape index (κ2) is 7.70. The quantitative estimate of drug-likeness (QED) is 0.722. The molecule has 136 valence electrons. The van der Waals surface area contributed by atoms with Gasteiger partial charge in [0.2, 0.25) is 5.91 Å². The third kappa shape index (κ3) is 3.62. The van der Waals surface area contributed by atoms with E-state index in [1.165, 1.54) is 11.8 Å². The molecule has 0 aliphatic carbocycles. The summed E-state index contributed by atoms with van der Waals surface area (Å²) in [7, 11) is 1.80. The molecular formula is C19H21N3O3S. The number of nitrogens with one attached hydrogen (secondary N) is 1. The first-order valence-corrected chi connectivity index (χ1v) is 9.32. The summed E-state index contributed by atoms with van der Waals surface area (Å²) in [5.41, 5.74) is 1.53. The highest BCUT2D eigenvalue weighted by Gasteiger charge is 2.21. The molecule has 3 rings (SSSR count). The number of amides is 1. The molecule has 1 N–H and O–H groups in total. The molecule has 0 fully saturated rings. The fourth-order valence-corrected chi connectivity index (χ4v) is 3.40. The van der Waals surface area contributed by atoms with E-state index in [0.29, 0.717) is 17.1 Å². The molecule has 3 aromatic rings. The summed E-state index contributed by atoms with van der Waals surface area (Å²) < 4.78 is 8.57. The van der Waals surface area contributed by atoms with Gasteiger partial charge in [-0.2, -0.15) is 0 Å². The van der Waals surface area contributed by atoms with E-state index in [2.05, 4.69) is 5.32 Å². The maximum Gasteiger partial charge on any atom is 0.295 e. The van der Waals surface area contributed by atoms with E-state index in [0.717, 1.165) is 11.4 Å². The summed E-state index contributed by atoms with van der Waals surface area (Å²) in [6.07, 6.45) is 1.61. The predicted octanol–water partition coefficient (Wildman–Crippen LogP) is 3.34. The third-order valence-corrected chi connectivity index (χ3v) is 5.39. The van der Waals surface area contributed by atoms with Crippen LogP contribution in [0.2, 0.25) is 0 Å². The summed E-state index contributed by atoms with van der Waals surface area (Å²) in [5.74, 6) is 1.22. The van der Waals surface area contributed by atoms with Crippen molar-refractivity contribution in [3.63, 3.8) is 0 Å². The van der Waals surface area contributed by atoms with Crippen molar-refractivity contribution in [2.45, 2.75) is 24.9 Å². The Hall–Kier alpha value is -2.67. The van der Waals surface area contributed by atoms with E-state index < -0.39 is 0 Å². The van der Waals surface area contributed by atoms with Crippen LogP contribution in [0.5, 0.6) is 0 Å². The first kappa shape index (κ1) is 18.1. The Morgan fingerprint density at radius 2 is 1.96 bits per heavy atom. The molecule has 0 saturated carbocycles. The van der Waals surface area contributed by atoms with E-state index in [-0.39, 0.29) is 16.7 Å². The molecular weight excluding hydrogens is 350 g/mol. The summed E-state index contributed by atoms with van der Waals surface area (Å²) in [6.45, 7) is 3.63. The van der Waals surface area contributed by atoms with Crippen LogP contribution in [0.25, 0.3) is 5.69 Å². The average molecular weight is 371 g/mol. The van der Waals surface area contributed by atoms with Crippen molar-refractivity contribution >= 4 is 23.4 Å². The van der Waals surface area contributed by atoms with Crippen molar-refractivity contribution < 1.29 is 9.21 Å². The van der Waals surface area contributed by atoms with Crippen LogP contribution in [0.4, 0.5) is 5.69 Å². The molecule has 0 saturated heterocycles. The molecule has 0 bridgehead atoms. The number of rotatable bonds is 6. The third-order valence-electron chi connectivity index (χ3n) is 4.23. The molecule has 2 heterocycles. The lowest BCUT2D eigenvalue weighted by atomic mass is 10.3. The summed E-state index contributed by atoms with van der Waals surface area (Å²) in [6, 6.07) is 13.0. The molecule has 6 nitrogen and oxygen atoms in total. The molecule has 1 aromatic carbocycles. The Bertz CT molecular complexity index is 943. The molecule has 1 atom stereocenters. The standard InChI is InChI=1S/C19H21N3O3S/c1-13-17(19(24)22(21(13)3)15-8-5-4-6-9-15)20-18(23)14(2)26-12-16-10-7-11-25-16/h4-11,14H,12H2,1-3H3,(H,20,23).